The molecule has 138 valence electrons. The monoisotopic (exact) mass is 373 g/mol. The number of ether oxygens (including phenoxy) is 2. The highest BCUT2D eigenvalue weighted by Crippen LogP contribution is 2.29. The summed E-state index contributed by atoms with van der Waals surface area (Å²) in [7, 11) is 1.60. The van der Waals surface area contributed by atoms with Crippen molar-refractivity contribution in [1.82, 2.24) is 0 Å². The quantitative estimate of drug-likeness (QED) is 0.628. The van der Waals surface area contributed by atoms with Gasteiger partial charge in [0.15, 0.2) is 11.5 Å². The van der Waals surface area contributed by atoms with Gasteiger partial charge in [-0.1, -0.05) is 43.6 Å². The van der Waals surface area contributed by atoms with Crippen molar-refractivity contribution >= 4 is 29.3 Å². The molecule has 0 aromatic heterocycles. The fourth-order valence-electron chi connectivity index (χ4n) is 2.22. The molecular weight excluding hydrogens is 350 g/mol. The average molecular weight is 374 g/mol. The minimum Gasteiger partial charge on any atom is -0.493 e. The molecule has 0 spiro atoms. The number of hydrogen-bond acceptors (Lipinski definition) is 3. The molecule has 0 saturated heterocycles. The molecule has 4 nitrogen and oxygen atoms in total. The minimum absolute atomic E-state index is 0.255. The smallest absolute Gasteiger partial charge is 0.248 e. The molecule has 0 bridgehead atoms. The van der Waals surface area contributed by atoms with E-state index in [1.54, 1.807) is 25.3 Å². The molecule has 0 atom stereocenters. The van der Waals surface area contributed by atoms with Gasteiger partial charge < -0.3 is 14.8 Å². The van der Waals surface area contributed by atoms with Crippen molar-refractivity contribution in [2.24, 2.45) is 5.92 Å². The summed E-state index contributed by atoms with van der Waals surface area (Å²) in [4.78, 5) is 12.1. The summed E-state index contributed by atoms with van der Waals surface area (Å²) in [6, 6.07) is 12.7. The number of carbonyl (C=O) groups is 1. The predicted molar refractivity (Wildman–Crippen MR) is 107 cm³/mol. The van der Waals surface area contributed by atoms with E-state index in [2.05, 4.69) is 19.2 Å². The number of halogens is 1. The molecule has 0 aliphatic rings. The molecule has 0 unspecified atom stereocenters. The van der Waals surface area contributed by atoms with Crippen LogP contribution in [0.1, 0.15) is 25.8 Å². The van der Waals surface area contributed by atoms with E-state index in [1.165, 1.54) is 6.08 Å². The van der Waals surface area contributed by atoms with E-state index < -0.39 is 0 Å². The van der Waals surface area contributed by atoms with Crippen molar-refractivity contribution in [3.05, 3.63) is 59.1 Å². The van der Waals surface area contributed by atoms with E-state index in [1.807, 2.05) is 30.3 Å². The highest BCUT2D eigenvalue weighted by Gasteiger charge is 2.06. The van der Waals surface area contributed by atoms with E-state index in [0.29, 0.717) is 34.7 Å². The SMILES string of the molecule is COc1cc(C=CC(=O)Nc2ccccc2Cl)ccc1OCCC(C)C. The van der Waals surface area contributed by atoms with Crippen molar-refractivity contribution in [2.45, 2.75) is 20.3 Å². The maximum atomic E-state index is 12.1. The second-order valence-electron chi connectivity index (χ2n) is 6.24. The van der Waals surface area contributed by atoms with Crippen LogP contribution in [-0.2, 0) is 4.79 Å². The van der Waals surface area contributed by atoms with Crippen molar-refractivity contribution in [2.75, 3.05) is 19.0 Å². The van der Waals surface area contributed by atoms with Crippen LogP contribution in [0.5, 0.6) is 11.5 Å². The highest BCUT2D eigenvalue weighted by atomic mass is 35.5. The van der Waals surface area contributed by atoms with E-state index in [-0.39, 0.29) is 5.91 Å². The predicted octanol–water partition coefficient (Wildman–Crippen LogP) is 5.43. The van der Waals surface area contributed by atoms with Crippen LogP contribution >= 0.6 is 11.6 Å². The van der Waals surface area contributed by atoms with Crippen LogP contribution in [0.15, 0.2) is 48.5 Å². The Morgan fingerprint density at radius 3 is 2.65 bits per heavy atom. The molecule has 0 radical (unpaired) electrons. The molecule has 26 heavy (non-hydrogen) atoms. The van der Waals surface area contributed by atoms with E-state index in [0.717, 1.165) is 12.0 Å². The molecule has 2 aromatic carbocycles. The zero-order valence-electron chi connectivity index (χ0n) is 15.3. The van der Waals surface area contributed by atoms with Crippen molar-refractivity contribution in [3.63, 3.8) is 0 Å². The van der Waals surface area contributed by atoms with Gasteiger partial charge in [0.1, 0.15) is 0 Å². The third kappa shape index (κ3) is 6.12. The van der Waals surface area contributed by atoms with Crippen LogP contribution in [0.4, 0.5) is 5.69 Å². The molecular formula is C21H24ClNO3. The molecule has 1 N–H and O–H groups in total. The molecule has 5 heteroatoms. The largest absolute Gasteiger partial charge is 0.493 e. The summed E-state index contributed by atoms with van der Waals surface area (Å²) in [5.41, 5.74) is 1.42. The number of benzene rings is 2. The minimum atomic E-state index is -0.255. The molecule has 0 heterocycles. The first kappa shape index (κ1) is 19.9. The standard InChI is InChI=1S/C21H24ClNO3/c1-15(2)12-13-26-19-10-8-16(14-20(19)25-3)9-11-21(24)23-18-7-5-4-6-17(18)22/h4-11,14-15H,12-13H2,1-3H3,(H,23,24). The van der Waals surface area contributed by atoms with Crippen LogP contribution < -0.4 is 14.8 Å². The molecule has 1 amide bonds. The van der Waals surface area contributed by atoms with E-state index in [4.69, 9.17) is 21.1 Å². The Bertz CT molecular complexity index is 772. The first-order chi connectivity index (χ1) is 12.5. The Morgan fingerprint density at radius 2 is 1.96 bits per heavy atom. The van der Waals surface area contributed by atoms with Crippen LogP contribution in [0, 0.1) is 5.92 Å². The first-order valence-electron chi connectivity index (χ1n) is 8.54. The normalized spacial score (nSPS) is 11.0. The molecule has 0 fully saturated rings. The third-order valence-corrected chi connectivity index (χ3v) is 4.03. The van der Waals surface area contributed by atoms with Gasteiger partial charge in [0, 0.05) is 6.08 Å². The zero-order chi connectivity index (χ0) is 18.9. The fourth-order valence-corrected chi connectivity index (χ4v) is 2.40. The lowest BCUT2D eigenvalue weighted by Crippen LogP contribution is -2.07. The second kappa shape index (κ2) is 9.88. The lowest BCUT2D eigenvalue weighted by atomic mass is 10.1. The maximum absolute atomic E-state index is 12.1. The summed E-state index contributed by atoms with van der Waals surface area (Å²) in [5, 5.41) is 3.24. The van der Waals surface area contributed by atoms with Crippen molar-refractivity contribution in [1.29, 1.82) is 0 Å². The first-order valence-corrected chi connectivity index (χ1v) is 8.92. The van der Waals surface area contributed by atoms with Crippen LogP contribution in [-0.4, -0.2) is 19.6 Å². The number of para-hydroxylation sites is 1. The molecule has 2 aromatic rings. The van der Waals surface area contributed by atoms with Gasteiger partial charge in [-0.25, -0.2) is 0 Å². The van der Waals surface area contributed by atoms with Gasteiger partial charge >= 0.3 is 0 Å². The summed E-state index contributed by atoms with van der Waals surface area (Å²) in [5.74, 6) is 1.67. The van der Waals surface area contributed by atoms with Gasteiger partial charge in [0.2, 0.25) is 5.91 Å². The Morgan fingerprint density at radius 1 is 1.19 bits per heavy atom. The molecule has 0 aliphatic heterocycles. The van der Waals surface area contributed by atoms with Crippen LogP contribution in [0.25, 0.3) is 6.08 Å². The van der Waals surface area contributed by atoms with Crippen molar-refractivity contribution in [3.8, 4) is 11.5 Å². The van der Waals surface area contributed by atoms with E-state index in [9.17, 15) is 4.79 Å². The van der Waals surface area contributed by atoms with Gasteiger partial charge in [-0.05, 0) is 48.2 Å². The lowest BCUT2D eigenvalue weighted by Gasteiger charge is -2.12. The van der Waals surface area contributed by atoms with Gasteiger partial charge in [0.25, 0.3) is 0 Å². The average Bonchev–Trinajstić information content (AvgIpc) is 2.62. The Labute approximate surface area is 159 Å². The third-order valence-electron chi connectivity index (χ3n) is 3.70. The number of rotatable bonds is 8. The summed E-state index contributed by atoms with van der Waals surface area (Å²) >= 11 is 6.03. The topological polar surface area (TPSA) is 47.6 Å². The summed E-state index contributed by atoms with van der Waals surface area (Å²) < 4.78 is 11.2. The van der Waals surface area contributed by atoms with Gasteiger partial charge in [0.05, 0.1) is 24.4 Å². The molecule has 0 aliphatic carbocycles. The second-order valence-corrected chi connectivity index (χ2v) is 6.65. The summed E-state index contributed by atoms with van der Waals surface area (Å²) in [6.07, 6.45) is 4.15. The summed E-state index contributed by atoms with van der Waals surface area (Å²) in [6.45, 7) is 4.95. The van der Waals surface area contributed by atoms with E-state index >= 15 is 0 Å². The Hall–Kier alpha value is -2.46. The van der Waals surface area contributed by atoms with Crippen LogP contribution in [0.3, 0.4) is 0 Å². The Balaban J connectivity index is 2.01. The number of amides is 1. The fraction of sp³-hybridized carbons (Fsp3) is 0.286. The lowest BCUT2D eigenvalue weighted by molar-refractivity contribution is -0.111. The number of carbonyl (C=O) groups excluding carboxylic acids is 1. The van der Waals surface area contributed by atoms with Gasteiger partial charge in [-0.3, -0.25) is 4.79 Å². The Kier molecular flexibility index (Phi) is 7.54. The zero-order valence-corrected chi connectivity index (χ0v) is 16.0. The number of methoxy groups -OCH3 is 1. The molecule has 0 saturated carbocycles. The number of hydrogen-bond donors (Lipinski definition) is 1. The maximum Gasteiger partial charge on any atom is 0.248 e. The number of nitrogens with one attached hydrogen (secondary N) is 1. The van der Waals surface area contributed by atoms with Crippen LogP contribution in [0.2, 0.25) is 5.02 Å². The van der Waals surface area contributed by atoms with Gasteiger partial charge in [-0.15, -0.1) is 0 Å². The van der Waals surface area contributed by atoms with Gasteiger partial charge in [-0.2, -0.15) is 0 Å². The highest BCUT2D eigenvalue weighted by molar-refractivity contribution is 6.33. The molecule has 2 rings (SSSR count). The number of anilines is 1. The van der Waals surface area contributed by atoms with Crippen molar-refractivity contribution < 1.29 is 14.3 Å².